The molecule has 6 heteroatoms. The quantitative estimate of drug-likeness (QED) is 0.819. The number of carbonyl (C=O) groups is 1. The first-order chi connectivity index (χ1) is 9.90. The number of aromatic nitrogens is 1. The summed E-state index contributed by atoms with van der Waals surface area (Å²) in [6, 6.07) is 1.99. The molecule has 21 heavy (non-hydrogen) atoms. The molecule has 0 saturated carbocycles. The van der Waals surface area contributed by atoms with Gasteiger partial charge < -0.3 is 0 Å². The van der Waals surface area contributed by atoms with Crippen LogP contribution in [0.2, 0.25) is 0 Å². The summed E-state index contributed by atoms with van der Waals surface area (Å²) in [5.41, 5.74) is 0.832. The van der Waals surface area contributed by atoms with Crippen LogP contribution in [0.5, 0.6) is 0 Å². The van der Waals surface area contributed by atoms with E-state index in [1.165, 1.54) is 4.90 Å². The minimum Gasteiger partial charge on any atom is -0.297 e. The summed E-state index contributed by atoms with van der Waals surface area (Å²) >= 11 is 3.34. The Morgan fingerprint density at radius 2 is 2.00 bits per heavy atom. The molecule has 1 amide bonds. The van der Waals surface area contributed by atoms with Crippen LogP contribution in [0.15, 0.2) is 16.6 Å². The first-order valence-electron chi connectivity index (χ1n) is 6.65. The van der Waals surface area contributed by atoms with Gasteiger partial charge in [0.15, 0.2) is 0 Å². The molecule has 0 spiro atoms. The van der Waals surface area contributed by atoms with Crippen molar-refractivity contribution in [3.63, 3.8) is 0 Å². The van der Waals surface area contributed by atoms with Gasteiger partial charge in [-0.2, -0.15) is 0 Å². The summed E-state index contributed by atoms with van der Waals surface area (Å²) in [7, 11) is 0. The van der Waals surface area contributed by atoms with Crippen LogP contribution in [0.1, 0.15) is 25.8 Å². The Morgan fingerprint density at radius 1 is 1.33 bits per heavy atom. The van der Waals surface area contributed by atoms with Gasteiger partial charge in [-0.15, -0.1) is 0 Å². The van der Waals surface area contributed by atoms with Gasteiger partial charge in [0.05, 0.1) is 10.9 Å². The fourth-order valence-electron chi connectivity index (χ4n) is 2.25. The van der Waals surface area contributed by atoms with Gasteiger partial charge in [0.2, 0.25) is 5.91 Å². The molecule has 1 aromatic carbocycles. The van der Waals surface area contributed by atoms with Gasteiger partial charge in [-0.05, 0) is 29.8 Å². The van der Waals surface area contributed by atoms with Gasteiger partial charge in [0, 0.05) is 35.1 Å². The van der Waals surface area contributed by atoms with Crippen molar-refractivity contribution in [1.82, 2.24) is 4.98 Å². The zero-order chi connectivity index (χ0) is 15.7. The van der Waals surface area contributed by atoms with Crippen LogP contribution in [0.25, 0.3) is 10.9 Å². The van der Waals surface area contributed by atoms with Gasteiger partial charge in [-0.3, -0.25) is 9.69 Å². The fourth-order valence-corrected chi connectivity index (χ4v) is 2.82. The molecule has 0 aliphatic carbocycles. The molecule has 2 rings (SSSR count). The lowest BCUT2D eigenvalue weighted by molar-refractivity contribution is -0.118. The second kappa shape index (κ2) is 6.05. The maximum absolute atomic E-state index is 13.9. The number of anilines is 1. The van der Waals surface area contributed by atoms with Crippen molar-refractivity contribution in [3.05, 3.63) is 33.8 Å². The van der Waals surface area contributed by atoms with Crippen molar-refractivity contribution in [2.45, 2.75) is 27.2 Å². The summed E-state index contributed by atoms with van der Waals surface area (Å²) in [4.78, 5) is 17.8. The van der Waals surface area contributed by atoms with Gasteiger partial charge in [0.25, 0.3) is 0 Å². The topological polar surface area (TPSA) is 33.2 Å². The van der Waals surface area contributed by atoms with E-state index in [-0.39, 0.29) is 16.8 Å². The van der Waals surface area contributed by atoms with Crippen molar-refractivity contribution in [2.75, 3.05) is 11.4 Å². The number of halogens is 3. The van der Waals surface area contributed by atoms with E-state index in [2.05, 4.69) is 20.9 Å². The number of hydrogen-bond acceptors (Lipinski definition) is 2. The molecule has 2 aromatic rings. The van der Waals surface area contributed by atoms with Crippen molar-refractivity contribution >= 4 is 38.6 Å². The zero-order valence-electron chi connectivity index (χ0n) is 12.0. The highest BCUT2D eigenvalue weighted by molar-refractivity contribution is 9.10. The van der Waals surface area contributed by atoms with Crippen molar-refractivity contribution in [2.24, 2.45) is 0 Å². The molecular weight excluding hydrogens is 342 g/mol. The molecule has 0 radical (unpaired) electrons. The van der Waals surface area contributed by atoms with Crippen LogP contribution in [0, 0.1) is 18.6 Å². The van der Waals surface area contributed by atoms with Crippen LogP contribution in [0.3, 0.4) is 0 Å². The monoisotopic (exact) mass is 356 g/mol. The molecule has 0 aliphatic rings. The number of rotatable bonds is 3. The molecule has 0 atom stereocenters. The number of hydrogen-bond donors (Lipinski definition) is 0. The Labute approximate surface area is 130 Å². The lowest BCUT2D eigenvalue weighted by Gasteiger charge is -2.22. The summed E-state index contributed by atoms with van der Waals surface area (Å²) in [6.07, 6.45) is 0.335. The maximum Gasteiger partial charge on any atom is 0.227 e. The first-order valence-corrected chi connectivity index (χ1v) is 7.45. The Morgan fingerprint density at radius 3 is 2.57 bits per heavy atom. The van der Waals surface area contributed by atoms with Crippen molar-refractivity contribution in [1.29, 1.82) is 0 Å². The van der Waals surface area contributed by atoms with Gasteiger partial charge in [0.1, 0.15) is 17.5 Å². The number of pyridine rings is 1. The SMILES string of the molecule is CCC(=O)N(CC)c1nc2cc(F)cc(F)c2c(Br)c1C. The maximum atomic E-state index is 13.9. The fraction of sp³-hybridized carbons (Fsp3) is 0.333. The van der Waals surface area contributed by atoms with Crippen LogP contribution < -0.4 is 4.90 Å². The molecule has 0 aliphatic heterocycles. The lowest BCUT2D eigenvalue weighted by atomic mass is 10.1. The van der Waals surface area contributed by atoms with Crippen molar-refractivity contribution < 1.29 is 13.6 Å². The summed E-state index contributed by atoms with van der Waals surface area (Å²) < 4.78 is 27.8. The molecular formula is C15H15BrF2N2O. The molecule has 0 N–H and O–H groups in total. The molecule has 3 nitrogen and oxygen atoms in total. The van der Waals surface area contributed by atoms with Crippen LogP contribution in [-0.2, 0) is 4.79 Å². The van der Waals surface area contributed by atoms with E-state index < -0.39 is 11.6 Å². The van der Waals surface area contributed by atoms with Gasteiger partial charge in [-0.1, -0.05) is 6.92 Å². The Hall–Kier alpha value is -1.56. The zero-order valence-corrected chi connectivity index (χ0v) is 13.6. The average molecular weight is 357 g/mol. The van der Waals surface area contributed by atoms with Crippen molar-refractivity contribution in [3.8, 4) is 0 Å². The van der Waals surface area contributed by atoms with Crippen LogP contribution in [0.4, 0.5) is 14.6 Å². The first kappa shape index (κ1) is 15.8. The van der Waals surface area contributed by atoms with Crippen LogP contribution in [-0.4, -0.2) is 17.4 Å². The second-order valence-electron chi connectivity index (χ2n) is 4.65. The largest absolute Gasteiger partial charge is 0.297 e. The van der Waals surface area contributed by atoms with Gasteiger partial charge in [-0.25, -0.2) is 13.8 Å². The summed E-state index contributed by atoms with van der Waals surface area (Å²) in [5.74, 6) is -1.03. The number of fused-ring (bicyclic) bond motifs is 1. The number of amides is 1. The molecule has 0 fully saturated rings. The van der Waals surface area contributed by atoms with E-state index in [0.29, 0.717) is 28.8 Å². The Balaban J connectivity index is 2.77. The smallest absolute Gasteiger partial charge is 0.227 e. The predicted octanol–water partition coefficient (Wildman–Crippen LogP) is 4.35. The summed E-state index contributed by atoms with van der Waals surface area (Å²) in [6.45, 7) is 5.78. The highest BCUT2D eigenvalue weighted by Gasteiger charge is 2.21. The molecule has 1 aromatic heterocycles. The third kappa shape index (κ3) is 2.77. The number of nitrogens with zero attached hydrogens (tertiary/aromatic N) is 2. The van der Waals surface area contributed by atoms with E-state index in [1.807, 2.05) is 6.92 Å². The standard InChI is InChI=1S/C15H15BrF2N2O/c1-4-12(21)20(5-2)15-8(3)14(16)13-10(18)6-9(17)7-11(13)19-15/h6-7H,4-5H2,1-3H3. The van der Waals surface area contributed by atoms with E-state index in [0.717, 1.165) is 12.1 Å². The molecule has 1 heterocycles. The molecule has 0 saturated heterocycles. The highest BCUT2D eigenvalue weighted by atomic mass is 79.9. The lowest BCUT2D eigenvalue weighted by Crippen LogP contribution is -2.31. The third-order valence-corrected chi connectivity index (χ3v) is 4.31. The van der Waals surface area contributed by atoms with E-state index >= 15 is 0 Å². The molecule has 0 bridgehead atoms. The Kier molecular flexibility index (Phi) is 4.56. The van der Waals surface area contributed by atoms with Crippen LogP contribution >= 0.6 is 15.9 Å². The molecule has 112 valence electrons. The van der Waals surface area contributed by atoms with Gasteiger partial charge >= 0.3 is 0 Å². The normalized spacial score (nSPS) is 11.0. The van der Waals surface area contributed by atoms with E-state index in [4.69, 9.17) is 0 Å². The Bertz CT molecular complexity index is 719. The number of benzene rings is 1. The summed E-state index contributed by atoms with van der Waals surface area (Å²) in [5, 5.41) is 0.220. The minimum atomic E-state index is -0.695. The van der Waals surface area contributed by atoms with E-state index in [9.17, 15) is 13.6 Å². The average Bonchev–Trinajstić information content (AvgIpc) is 2.43. The number of carbonyl (C=O) groups excluding carboxylic acids is 1. The van der Waals surface area contributed by atoms with E-state index in [1.54, 1.807) is 13.8 Å². The third-order valence-electron chi connectivity index (χ3n) is 3.32. The predicted molar refractivity (Wildman–Crippen MR) is 82.4 cm³/mol. The minimum absolute atomic E-state index is 0.0868. The second-order valence-corrected chi connectivity index (χ2v) is 5.44. The highest BCUT2D eigenvalue weighted by Crippen LogP contribution is 2.34. The molecule has 0 unspecified atom stereocenters.